The second-order valence-corrected chi connectivity index (χ2v) is 5.78. The summed E-state index contributed by atoms with van der Waals surface area (Å²) in [5.41, 5.74) is 2.32. The van der Waals surface area contributed by atoms with Gasteiger partial charge < -0.3 is 10.2 Å². The van der Waals surface area contributed by atoms with Crippen molar-refractivity contribution < 1.29 is 0 Å². The van der Waals surface area contributed by atoms with Crippen LogP contribution in [-0.4, -0.2) is 25.1 Å². The molecule has 108 valence electrons. The summed E-state index contributed by atoms with van der Waals surface area (Å²) in [6.07, 6.45) is 4.25. The van der Waals surface area contributed by atoms with Gasteiger partial charge in [0.2, 0.25) is 0 Å². The number of rotatable bonds is 7. The second-order valence-electron chi connectivity index (χ2n) is 5.78. The Morgan fingerprint density at radius 3 is 2.37 bits per heavy atom. The molecule has 2 atom stereocenters. The quantitative estimate of drug-likeness (QED) is 0.814. The first-order chi connectivity index (χ1) is 8.99. The lowest BCUT2D eigenvalue weighted by molar-refractivity contribution is 0.503. The van der Waals surface area contributed by atoms with Crippen molar-refractivity contribution in [3.63, 3.8) is 0 Å². The number of pyridine rings is 1. The number of hydrogen-bond donors (Lipinski definition) is 1. The van der Waals surface area contributed by atoms with E-state index < -0.39 is 0 Å². The van der Waals surface area contributed by atoms with Crippen molar-refractivity contribution in [3.05, 3.63) is 24.0 Å². The van der Waals surface area contributed by atoms with Crippen LogP contribution in [0.25, 0.3) is 0 Å². The van der Waals surface area contributed by atoms with E-state index in [0.29, 0.717) is 12.1 Å². The van der Waals surface area contributed by atoms with Gasteiger partial charge in [0, 0.05) is 19.1 Å². The maximum atomic E-state index is 4.60. The van der Waals surface area contributed by atoms with Crippen molar-refractivity contribution in [2.24, 2.45) is 5.92 Å². The van der Waals surface area contributed by atoms with Crippen molar-refractivity contribution in [1.82, 2.24) is 10.3 Å². The highest BCUT2D eigenvalue weighted by molar-refractivity contribution is 5.44. The molecule has 0 aliphatic heterocycles. The van der Waals surface area contributed by atoms with Crippen LogP contribution in [-0.2, 0) is 0 Å². The minimum absolute atomic E-state index is 0.354. The molecule has 1 N–H and O–H groups in total. The number of nitrogens with zero attached hydrogens (tertiary/aromatic N) is 2. The summed E-state index contributed by atoms with van der Waals surface area (Å²) in [5, 5.41) is 3.29. The molecule has 0 fully saturated rings. The van der Waals surface area contributed by atoms with Crippen molar-refractivity contribution in [1.29, 1.82) is 0 Å². The van der Waals surface area contributed by atoms with E-state index >= 15 is 0 Å². The van der Waals surface area contributed by atoms with Crippen LogP contribution in [0.4, 0.5) is 5.69 Å². The Balaban J connectivity index is 2.75. The van der Waals surface area contributed by atoms with E-state index in [4.69, 9.17) is 0 Å². The lowest BCUT2D eigenvalue weighted by Crippen LogP contribution is -2.30. The van der Waals surface area contributed by atoms with Gasteiger partial charge in [-0.15, -0.1) is 0 Å². The molecule has 2 unspecified atom stereocenters. The fraction of sp³-hybridized carbons (Fsp3) is 0.688. The molecule has 0 saturated carbocycles. The summed E-state index contributed by atoms with van der Waals surface area (Å²) in [5.74, 6) is 0.721. The first kappa shape index (κ1) is 16.0. The first-order valence-electron chi connectivity index (χ1n) is 7.35. The molecule has 0 aromatic carbocycles. The van der Waals surface area contributed by atoms with E-state index in [1.54, 1.807) is 0 Å². The lowest BCUT2D eigenvalue weighted by Gasteiger charge is -2.28. The van der Waals surface area contributed by atoms with Gasteiger partial charge >= 0.3 is 0 Å². The minimum Gasteiger partial charge on any atom is -0.371 e. The average Bonchev–Trinajstić information content (AvgIpc) is 2.39. The molecule has 0 radical (unpaired) electrons. The molecule has 0 aliphatic carbocycles. The molecule has 0 bridgehead atoms. The topological polar surface area (TPSA) is 28.2 Å². The van der Waals surface area contributed by atoms with E-state index in [0.717, 1.165) is 18.0 Å². The van der Waals surface area contributed by atoms with Gasteiger partial charge in [0.15, 0.2) is 0 Å². The zero-order chi connectivity index (χ0) is 14.4. The Hall–Kier alpha value is -1.09. The normalized spacial score (nSPS) is 14.5. The fourth-order valence-electron chi connectivity index (χ4n) is 2.47. The smallest absolute Gasteiger partial charge is 0.0574 e. The number of aromatic nitrogens is 1. The van der Waals surface area contributed by atoms with Gasteiger partial charge in [-0.3, -0.25) is 4.98 Å². The molecule has 1 aromatic heterocycles. The Morgan fingerprint density at radius 2 is 1.95 bits per heavy atom. The van der Waals surface area contributed by atoms with Crippen LogP contribution in [0, 0.1) is 5.92 Å². The van der Waals surface area contributed by atoms with Crippen LogP contribution in [0.5, 0.6) is 0 Å². The van der Waals surface area contributed by atoms with Crippen molar-refractivity contribution in [3.8, 4) is 0 Å². The zero-order valence-electron chi connectivity index (χ0n) is 13.3. The van der Waals surface area contributed by atoms with Crippen molar-refractivity contribution >= 4 is 5.69 Å². The summed E-state index contributed by atoms with van der Waals surface area (Å²) >= 11 is 0. The molecular weight excluding hydrogens is 234 g/mol. The Kier molecular flexibility index (Phi) is 6.29. The monoisotopic (exact) mass is 263 g/mol. The molecule has 3 heteroatoms. The fourth-order valence-corrected chi connectivity index (χ4v) is 2.47. The summed E-state index contributed by atoms with van der Waals surface area (Å²) < 4.78 is 0. The van der Waals surface area contributed by atoms with Crippen molar-refractivity contribution in [2.45, 2.75) is 52.6 Å². The molecule has 0 amide bonds. The van der Waals surface area contributed by atoms with Gasteiger partial charge in [0.05, 0.1) is 17.6 Å². The van der Waals surface area contributed by atoms with Crippen LogP contribution < -0.4 is 10.2 Å². The van der Waals surface area contributed by atoms with Gasteiger partial charge in [-0.2, -0.15) is 0 Å². The van der Waals surface area contributed by atoms with E-state index in [9.17, 15) is 0 Å². The second kappa shape index (κ2) is 7.49. The summed E-state index contributed by atoms with van der Waals surface area (Å²) in [6, 6.07) is 5.21. The highest BCUT2D eigenvalue weighted by atomic mass is 15.1. The predicted molar refractivity (Wildman–Crippen MR) is 83.6 cm³/mol. The van der Waals surface area contributed by atoms with E-state index in [1.807, 2.05) is 13.2 Å². The molecule has 1 heterocycles. The molecule has 1 rings (SSSR count). The maximum absolute atomic E-state index is 4.60. The number of anilines is 1. The third kappa shape index (κ3) is 4.50. The molecule has 3 nitrogen and oxygen atoms in total. The third-order valence-corrected chi connectivity index (χ3v) is 3.77. The summed E-state index contributed by atoms with van der Waals surface area (Å²) in [7, 11) is 4.14. The van der Waals surface area contributed by atoms with Gasteiger partial charge in [0.25, 0.3) is 0 Å². The van der Waals surface area contributed by atoms with Gasteiger partial charge in [-0.25, -0.2) is 0 Å². The largest absolute Gasteiger partial charge is 0.371 e. The molecule has 0 saturated heterocycles. The van der Waals surface area contributed by atoms with E-state index in [-0.39, 0.29) is 0 Å². The SMILES string of the molecule is CCC(NC)c1ccc(N(C)C(C)CC(C)C)cn1. The van der Waals surface area contributed by atoms with Crippen molar-refractivity contribution in [2.75, 3.05) is 19.0 Å². The maximum Gasteiger partial charge on any atom is 0.0574 e. The average molecular weight is 263 g/mol. The van der Waals surface area contributed by atoms with Crippen LogP contribution in [0.2, 0.25) is 0 Å². The Morgan fingerprint density at radius 1 is 1.26 bits per heavy atom. The predicted octanol–water partition coefficient (Wildman–Crippen LogP) is 3.62. The minimum atomic E-state index is 0.354. The van der Waals surface area contributed by atoms with Gasteiger partial charge in [-0.05, 0) is 44.9 Å². The highest BCUT2D eigenvalue weighted by Crippen LogP contribution is 2.21. The van der Waals surface area contributed by atoms with Gasteiger partial charge in [-0.1, -0.05) is 20.8 Å². The molecule has 0 aliphatic rings. The molecular formula is C16H29N3. The van der Waals surface area contributed by atoms with E-state index in [1.165, 1.54) is 12.1 Å². The van der Waals surface area contributed by atoms with Crippen LogP contribution in [0.15, 0.2) is 18.3 Å². The third-order valence-electron chi connectivity index (χ3n) is 3.77. The number of nitrogens with one attached hydrogen (secondary N) is 1. The Bertz CT molecular complexity index is 355. The van der Waals surface area contributed by atoms with Crippen LogP contribution in [0.1, 0.15) is 52.3 Å². The Labute approximate surface area is 118 Å². The summed E-state index contributed by atoms with van der Waals surface area (Å²) in [6.45, 7) is 8.98. The number of hydrogen-bond acceptors (Lipinski definition) is 3. The van der Waals surface area contributed by atoms with Gasteiger partial charge in [0.1, 0.15) is 0 Å². The standard InChI is InChI=1S/C16H29N3/c1-7-15(17-5)16-9-8-14(11-18-16)19(6)13(4)10-12(2)3/h8-9,11-13,15,17H,7,10H2,1-6H3. The molecule has 1 aromatic rings. The lowest BCUT2D eigenvalue weighted by atomic mass is 10.0. The summed E-state index contributed by atoms with van der Waals surface area (Å²) in [4.78, 5) is 6.92. The first-order valence-corrected chi connectivity index (χ1v) is 7.35. The highest BCUT2D eigenvalue weighted by Gasteiger charge is 2.13. The zero-order valence-corrected chi connectivity index (χ0v) is 13.3. The molecule has 19 heavy (non-hydrogen) atoms. The van der Waals surface area contributed by atoms with Crippen LogP contribution >= 0.6 is 0 Å². The van der Waals surface area contributed by atoms with Crippen LogP contribution in [0.3, 0.4) is 0 Å². The van der Waals surface area contributed by atoms with E-state index in [2.05, 4.69) is 62.1 Å². The molecule has 0 spiro atoms.